The van der Waals surface area contributed by atoms with E-state index in [1.54, 1.807) is 5.56 Å². The molecule has 0 atom stereocenters. The van der Waals surface area contributed by atoms with Crippen molar-refractivity contribution in [3.05, 3.63) is 185 Å². The van der Waals surface area contributed by atoms with Gasteiger partial charge in [-0.25, -0.2) is 0 Å². The summed E-state index contributed by atoms with van der Waals surface area (Å²) >= 11 is 0. The lowest BCUT2D eigenvalue weighted by Gasteiger charge is -2.31. The van der Waals surface area contributed by atoms with E-state index in [9.17, 15) is 0 Å². The zero-order chi connectivity index (χ0) is 35.9. The van der Waals surface area contributed by atoms with Gasteiger partial charge < -0.3 is 4.90 Å². The van der Waals surface area contributed by atoms with Gasteiger partial charge >= 0.3 is 0 Å². The van der Waals surface area contributed by atoms with Crippen molar-refractivity contribution in [1.29, 1.82) is 0 Å². The minimum atomic E-state index is -0.126. The van der Waals surface area contributed by atoms with Gasteiger partial charge in [0.15, 0.2) is 0 Å². The summed E-state index contributed by atoms with van der Waals surface area (Å²) in [6.07, 6.45) is 4.94. The number of rotatable bonds is 5. The highest BCUT2D eigenvalue weighted by Crippen LogP contribution is 2.55. The summed E-state index contributed by atoms with van der Waals surface area (Å²) in [6.45, 7) is 9.53. The van der Waals surface area contributed by atoms with Crippen molar-refractivity contribution in [2.24, 2.45) is 0 Å². The predicted molar refractivity (Wildman–Crippen MR) is 224 cm³/mol. The minimum Gasteiger partial charge on any atom is -0.310 e. The van der Waals surface area contributed by atoms with Crippen molar-refractivity contribution in [3.8, 4) is 44.5 Å². The number of aryl methyl sites for hydroxylation is 1. The van der Waals surface area contributed by atoms with E-state index in [0.29, 0.717) is 0 Å². The first kappa shape index (κ1) is 32.0. The second kappa shape index (κ2) is 11.9. The Labute approximate surface area is 314 Å². The van der Waals surface area contributed by atoms with Crippen molar-refractivity contribution in [2.75, 3.05) is 4.90 Å². The van der Waals surface area contributed by atoms with Crippen LogP contribution >= 0.6 is 0 Å². The molecule has 0 saturated carbocycles. The van der Waals surface area contributed by atoms with Gasteiger partial charge in [-0.15, -0.1) is 0 Å². The maximum atomic E-state index is 2.51. The van der Waals surface area contributed by atoms with Crippen molar-refractivity contribution >= 4 is 17.1 Å². The highest BCUT2D eigenvalue weighted by molar-refractivity contribution is 5.96. The summed E-state index contributed by atoms with van der Waals surface area (Å²) in [5, 5.41) is 0. The summed E-state index contributed by atoms with van der Waals surface area (Å²) in [6, 6.07) is 57.4. The number of anilines is 3. The number of fused-ring (bicyclic) bond motifs is 7. The Morgan fingerprint density at radius 3 is 1.68 bits per heavy atom. The molecular formula is C52H45N. The van der Waals surface area contributed by atoms with Crippen LogP contribution < -0.4 is 4.90 Å². The first-order chi connectivity index (χ1) is 25.8. The van der Waals surface area contributed by atoms with Crippen molar-refractivity contribution in [2.45, 2.75) is 64.2 Å². The largest absolute Gasteiger partial charge is 0.310 e. The zero-order valence-corrected chi connectivity index (χ0v) is 31.2. The molecule has 0 aliphatic heterocycles. The van der Waals surface area contributed by atoms with Crippen LogP contribution in [0.3, 0.4) is 0 Å². The molecule has 0 radical (unpaired) electrons. The number of benzene rings is 7. The van der Waals surface area contributed by atoms with Crippen LogP contribution in [0.25, 0.3) is 44.5 Å². The van der Waals surface area contributed by atoms with Crippen LogP contribution in [0.2, 0.25) is 0 Å². The first-order valence-electron chi connectivity index (χ1n) is 19.4. The van der Waals surface area contributed by atoms with Crippen LogP contribution in [0.1, 0.15) is 73.9 Å². The van der Waals surface area contributed by atoms with E-state index >= 15 is 0 Å². The molecule has 0 heterocycles. The lowest BCUT2D eigenvalue weighted by molar-refractivity contribution is 0.660. The van der Waals surface area contributed by atoms with Crippen molar-refractivity contribution in [1.82, 2.24) is 0 Å². The fourth-order valence-electron chi connectivity index (χ4n) is 9.87. The molecule has 0 spiro atoms. The number of hydrogen-bond donors (Lipinski definition) is 0. The van der Waals surface area contributed by atoms with Gasteiger partial charge in [0, 0.05) is 27.8 Å². The van der Waals surface area contributed by atoms with Crippen LogP contribution in [0.4, 0.5) is 17.1 Å². The lowest BCUT2D eigenvalue weighted by Crippen LogP contribution is -2.18. The highest BCUT2D eigenvalue weighted by atomic mass is 15.1. The van der Waals surface area contributed by atoms with Crippen LogP contribution in [0.5, 0.6) is 0 Å². The van der Waals surface area contributed by atoms with Gasteiger partial charge in [0.2, 0.25) is 0 Å². The van der Waals surface area contributed by atoms with Gasteiger partial charge in [-0.1, -0.05) is 143 Å². The van der Waals surface area contributed by atoms with Gasteiger partial charge in [0.25, 0.3) is 0 Å². The lowest BCUT2D eigenvalue weighted by atomic mass is 9.81. The van der Waals surface area contributed by atoms with Gasteiger partial charge in [0.1, 0.15) is 0 Å². The average Bonchev–Trinajstić information content (AvgIpc) is 3.57. The predicted octanol–water partition coefficient (Wildman–Crippen LogP) is 14.0. The normalized spacial score (nSPS) is 15.5. The summed E-state index contributed by atoms with van der Waals surface area (Å²) in [5.41, 5.74) is 22.5. The topological polar surface area (TPSA) is 3.24 Å². The third-order valence-electron chi connectivity index (χ3n) is 12.7. The monoisotopic (exact) mass is 683 g/mol. The smallest absolute Gasteiger partial charge is 0.0543 e. The van der Waals surface area contributed by atoms with Crippen molar-refractivity contribution < 1.29 is 0 Å². The fourth-order valence-corrected chi connectivity index (χ4v) is 9.87. The standard InChI is InChI=1S/C52H45N/c1-51(2)46-23-12-10-20-41(46)43-30-29-38(31-48(43)51)53(37-17-6-5-7-18-37)50-33-49-45(42-21-11-13-24-47(42)52(49,3)4)32-44(50)36-27-25-35(26-28-36)40-22-14-16-34-15-8-9-19-39(34)40/h5-7,10-14,16-18,20-33H,8-9,15,19H2,1-4H3. The Bertz CT molecular complexity index is 2550. The van der Waals surface area contributed by atoms with Gasteiger partial charge in [-0.05, 0) is 134 Å². The molecular weight excluding hydrogens is 639 g/mol. The average molecular weight is 684 g/mol. The Kier molecular flexibility index (Phi) is 7.21. The Morgan fingerprint density at radius 1 is 0.396 bits per heavy atom. The highest BCUT2D eigenvalue weighted by Gasteiger charge is 2.38. The molecule has 7 aromatic carbocycles. The Balaban J connectivity index is 1.19. The molecule has 0 amide bonds. The number of hydrogen-bond acceptors (Lipinski definition) is 1. The van der Waals surface area contributed by atoms with Crippen LogP contribution in [-0.2, 0) is 23.7 Å². The molecule has 0 aromatic heterocycles. The van der Waals surface area contributed by atoms with Crippen LogP contribution in [0, 0.1) is 0 Å². The Morgan fingerprint density at radius 2 is 0.962 bits per heavy atom. The molecule has 1 nitrogen and oxygen atoms in total. The molecule has 0 fully saturated rings. The third kappa shape index (κ3) is 4.90. The third-order valence-corrected chi connectivity index (χ3v) is 12.7. The second-order valence-electron chi connectivity index (χ2n) is 16.4. The quantitative estimate of drug-likeness (QED) is 0.175. The van der Waals surface area contributed by atoms with Gasteiger partial charge in [-0.2, -0.15) is 0 Å². The molecule has 0 saturated heterocycles. The summed E-state index contributed by atoms with van der Waals surface area (Å²) in [5.74, 6) is 0. The minimum absolute atomic E-state index is 0.0961. The molecule has 3 aliphatic carbocycles. The van der Waals surface area contributed by atoms with E-state index in [1.807, 2.05) is 0 Å². The zero-order valence-electron chi connectivity index (χ0n) is 31.2. The van der Waals surface area contributed by atoms with Crippen LogP contribution in [-0.4, -0.2) is 0 Å². The van der Waals surface area contributed by atoms with Gasteiger partial charge in [0.05, 0.1) is 5.69 Å². The first-order valence-corrected chi connectivity index (χ1v) is 19.4. The van der Waals surface area contributed by atoms with E-state index in [0.717, 1.165) is 5.69 Å². The second-order valence-corrected chi connectivity index (χ2v) is 16.4. The molecule has 0 N–H and O–H groups in total. The molecule has 7 aromatic rings. The number of para-hydroxylation sites is 1. The molecule has 53 heavy (non-hydrogen) atoms. The molecule has 10 rings (SSSR count). The summed E-state index contributed by atoms with van der Waals surface area (Å²) in [4.78, 5) is 2.51. The van der Waals surface area contributed by atoms with E-state index in [-0.39, 0.29) is 10.8 Å². The molecule has 3 aliphatic rings. The summed E-state index contributed by atoms with van der Waals surface area (Å²) < 4.78 is 0. The van der Waals surface area contributed by atoms with E-state index in [1.165, 1.54) is 109 Å². The van der Waals surface area contributed by atoms with E-state index in [4.69, 9.17) is 0 Å². The molecule has 258 valence electrons. The molecule has 0 bridgehead atoms. The molecule has 1 heteroatoms. The number of nitrogens with zero attached hydrogens (tertiary/aromatic N) is 1. The van der Waals surface area contributed by atoms with E-state index in [2.05, 4.69) is 184 Å². The Hall–Kier alpha value is -5.66. The maximum Gasteiger partial charge on any atom is 0.0543 e. The fraction of sp³-hybridized carbons (Fsp3) is 0.192. The van der Waals surface area contributed by atoms with Gasteiger partial charge in [-0.3, -0.25) is 0 Å². The SMILES string of the molecule is CC1(C)c2ccccc2-c2ccc(N(c3ccccc3)c3cc4c(cc3-c3ccc(-c5cccc6c5CCCC6)cc3)-c3ccccc3C4(C)C)cc21. The van der Waals surface area contributed by atoms with E-state index < -0.39 is 0 Å². The summed E-state index contributed by atoms with van der Waals surface area (Å²) in [7, 11) is 0. The maximum absolute atomic E-state index is 2.51. The van der Waals surface area contributed by atoms with Crippen LogP contribution in [0.15, 0.2) is 152 Å². The van der Waals surface area contributed by atoms with Crippen molar-refractivity contribution in [3.63, 3.8) is 0 Å². The molecule has 0 unspecified atom stereocenters.